The van der Waals surface area contributed by atoms with Crippen LogP contribution in [0.3, 0.4) is 0 Å². The first-order valence-corrected chi connectivity index (χ1v) is 7.04. The molecule has 5 heteroatoms. The number of aromatic nitrogens is 1. The number of aromatic amines is 1. The highest BCUT2D eigenvalue weighted by Gasteiger charge is 2.21. The van der Waals surface area contributed by atoms with Gasteiger partial charge in [0.1, 0.15) is 5.82 Å². The number of hydrogen-bond donors (Lipinski definition) is 1. The van der Waals surface area contributed by atoms with E-state index in [1.165, 1.54) is 6.42 Å². The highest BCUT2D eigenvalue weighted by Crippen LogP contribution is 2.24. The molecule has 1 aromatic heterocycles. The number of rotatable bonds is 2. The normalized spacial score (nSPS) is 23.9. The van der Waals surface area contributed by atoms with Crippen molar-refractivity contribution < 1.29 is 4.74 Å². The molecule has 0 spiro atoms. The molecule has 3 heterocycles. The summed E-state index contributed by atoms with van der Waals surface area (Å²) in [4.78, 5) is 19.3. The Kier molecular flexibility index (Phi) is 3.46. The zero-order valence-corrected chi connectivity index (χ0v) is 11.4. The van der Waals surface area contributed by atoms with Crippen LogP contribution in [0.1, 0.15) is 13.3 Å². The fourth-order valence-electron chi connectivity index (χ4n) is 2.84. The predicted molar refractivity (Wildman–Crippen MR) is 76.1 cm³/mol. The van der Waals surface area contributed by atoms with Crippen molar-refractivity contribution in [1.29, 1.82) is 0 Å². The van der Waals surface area contributed by atoms with Gasteiger partial charge in [-0.2, -0.15) is 0 Å². The first kappa shape index (κ1) is 12.5. The second-order valence-electron chi connectivity index (χ2n) is 5.53. The van der Waals surface area contributed by atoms with E-state index in [1.807, 2.05) is 0 Å². The maximum Gasteiger partial charge on any atom is 0.251 e. The van der Waals surface area contributed by atoms with Gasteiger partial charge in [0.2, 0.25) is 0 Å². The highest BCUT2D eigenvalue weighted by atomic mass is 16.5. The lowest BCUT2D eigenvalue weighted by Crippen LogP contribution is -2.37. The second-order valence-corrected chi connectivity index (χ2v) is 5.53. The fraction of sp³-hybridized carbons (Fsp3) is 0.643. The molecule has 5 nitrogen and oxygen atoms in total. The molecule has 0 radical (unpaired) electrons. The summed E-state index contributed by atoms with van der Waals surface area (Å²) in [6.45, 7) is 7.51. The average molecular weight is 263 g/mol. The van der Waals surface area contributed by atoms with Gasteiger partial charge in [0.15, 0.2) is 0 Å². The van der Waals surface area contributed by atoms with E-state index < -0.39 is 0 Å². The molecule has 2 aliphatic heterocycles. The highest BCUT2D eigenvalue weighted by molar-refractivity contribution is 5.55. The van der Waals surface area contributed by atoms with Gasteiger partial charge in [0, 0.05) is 44.0 Å². The van der Waals surface area contributed by atoms with Gasteiger partial charge >= 0.3 is 0 Å². The molecular formula is C14H21N3O2. The zero-order chi connectivity index (χ0) is 13.2. The molecule has 1 N–H and O–H groups in total. The standard InChI is InChI=1S/C14H21N3O2/c1-11-2-3-17(10-11)13-8-12(9-14(18)15-13)16-4-6-19-7-5-16/h8-9,11H,2-7,10H2,1H3,(H,15,18). The van der Waals surface area contributed by atoms with Gasteiger partial charge in [-0.3, -0.25) is 4.79 Å². The third-order valence-corrected chi connectivity index (χ3v) is 3.96. The molecule has 104 valence electrons. The molecule has 0 aromatic carbocycles. The number of nitrogens with zero attached hydrogens (tertiary/aromatic N) is 2. The van der Waals surface area contributed by atoms with E-state index in [1.54, 1.807) is 6.07 Å². The number of H-pyrrole nitrogens is 1. The number of ether oxygens (including phenoxy) is 1. The van der Waals surface area contributed by atoms with Crippen LogP contribution < -0.4 is 15.4 Å². The molecule has 0 aliphatic carbocycles. The van der Waals surface area contributed by atoms with Gasteiger partial charge in [-0.15, -0.1) is 0 Å². The van der Waals surface area contributed by atoms with E-state index in [-0.39, 0.29) is 5.56 Å². The molecule has 0 amide bonds. The minimum Gasteiger partial charge on any atom is -0.378 e. The molecular weight excluding hydrogens is 242 g/mol. The van der Waals surface area contributed by atoms with Crippen molar-refractivity contribution in [3.63, 3.8) is 0 Å². The SMILES string of the molecule is CC1CCN(c2cc(N3CCOCC3)cc(=O)[nH]2)C1. The molecule has 19 heavy (non-hydrogen) atoms. The topological polar surface area (TPSA) is 48.6 Å². The van der Waals surface area contributed by atoms with E-state index in [0.29, 0.717) is 5.92 Å². The third kappa shape index (κ3) is 2.76. The Bertz CT molecular complexity index is 468. The van der Waals surface area contributed by atoms with Gasteiger partial charge in [-0.05, 0) is 12.3 Å². The lowest BCUT2D eigenvalue weighted by Gasteiger charge is -2.29. The van der Waals surface area contributed by atoms with Crippen LogP contribution in [0.25, 0.3) is 0 Å². The quantitative estimate of drug-likeness (QED) is 0.866. The Labute approximate surface area is 113 Å². The number of pyridine rings is 1. The number of hydrogen-bond acceptors (Lipinski definition) is 4. The number of anilines is 2. The van der Waals surface area contributed by atoms with E-state index in [4.69, 9.17) is 4.74 Å². The van der Waals surface area contributed by atoms with Crippen LogP contribution >= 0.6 is 0 Å². The lowest BCUT2D eigenvalue weighted by molar-refractivity contribution is 0.122. The summed E-state index contributed by atoms with van der Waals surface area (Å²) in [6.07, 6.45) is 1.20. The Morgan fingerprint density at radius 2 is 2.00 bits per heavy atom. The minimum atomic E-state index is -0.0152. The maximum absolute atomic E-state index is 11.9. The molecule has 0 bridgehead atoms. The lowest BCUT2D eigenvalue weighted by atomic mass is 10.2. The Balaban J connectivity index is 1.85. The summed E-state index contributed by atoms with van der Waals surface area (Å²) in [6, 6.07) is 3.79. The van der Waals surface area contributed by atoms with Crippen LogP contribution in [-0.2, 0) is 4.74 Å². The van der Waals surface area contributed by atoms with Crippen molar-refractivity contribution >= 4 is 11.5 Å². The van der Waals surface area contributed by atoms with Crippen LogP contribution in [0.5, 0.6) is 0 Å². The third-order valence-electron chi connectivity index (χ3n) is 3.96. The van der Waals surface area contributed by atoms with Crippen molar-refractivity contribution in [1.82, 2.24) is 4.98 Å². The first-order valence-electron chi connectivity index (χ1n) is 7.04. The van der Waals surface area contributed by atoms with Crippen LogP contribution in [0, 0.1) is 5.92 Å². The largest absolute Gasteiger partial charge is 0.378 e. The van der Waals surface area contributed by atoms with Crippen molar-refractivity contribution in [2.24, 2.45) is 5.92 Å². The molecule has 1 unspecified atom stereocenters. The van der Waals surface area contributed by atoms with E-state index in [2.05, 4.69) is 27.8 Å². The summed E-state index contributed by atoms with van der Waals surface area (Å²) in [7, 11) is 0. The summed E-state index contributed by atoms with van der Waals surface area (Å²) in [5.74, 6) is 1.66. The van der Waals surface area contributed by atoms with E-state index >= 15 is 0 Å². The monoisotopic (exact) mass is 263 g/mol. The van der Waals surface area contributed by atoms with Crippen molar-refractivity contribution in [3.05, 3.63) is 22.5 Å². The molecule has 1 aromatic rings. The molecule has 1 atom stereocenters. The predicted octanol–water partition coefficient (Wildman–Crippen LogP) is 1.06. The van der Waals surface area contributed by atoms with Crippen molar-refractivity contribution in [2.45, 2.75) is 13.3 Å². The molecule has 0 saturated carbocycles. The molecule has 2 fully saturated rings. The van der Waals surface area contributed by atoms with Crippen LogP contribution in [-0.4, -0.2) is 44.4 Å². The van der Waals surface area contributed by atoms with Gasteiger partial charge in [0.25, 0.3) is 5.56 Å². The van der Waals surface area contributed by atoms with Crippen LogP contribution in [0.15, 0.2) is 16.9 Å². The molecule has 2 saturated heterocycles. The van der Waals surface area contributed by atoms with Crippen molar-refractivity contribution in [2.75, 3.05) is 49.2 Å². The first-order chi connectivity index (χ1) is 9.22. The van der Waals surface area contributed by atoms with Crippen LogP contribution in [0.2, 0.25) is 0 Å². The Morgan fingerprint density at radius 3 is 2.68 bits per heavy atom. The number of nitrogens with one attached hydrogen (secondary N) is 1. The Hall–Kier alpha value is -1.49. The smallest absolute Gasteiger partial charge is 0.251 e. The second kappa shape index (κ2) is 5.25. The van der Waals surface area contributed by atoms with Crippen molar-refractivity contribution in [3.8, 4) is 0 Å². The summed E-state index contributed by atoms with van der Waals surface area (Å²) in [5.41, 5.74) is 1.00. The summed E-state index contributed by atoms with van der Waals surface area (Å²) in [5, 5.41) is 0. The van der Waals surface area contributed by atoms with E-state index in [0.717, 1.165) is 50.9 Å². The van der Waals surface area contributed by atoms with Gasteiger partial charge < -0.3 is 19.5 Å². The van der Waals surface area contributed by atoms with E-state index in [9.17, 15) is 4.79 Å². The van der Waals surface area contributed by atoms with Crippen LogP contribution in [0.4, 0.5) is 11.5 Å². The maximum atomic E-state index is 11.9. The summed E-state index contributed by atoms with van der Waals surface area (Å²) < 4.78 is 5.36. The minimum absolute atomic E-state index is 0.0152. The summed E-state index contributed by atoms with van der Waals surface area (Å²) >= 11 is 0. The zero-order valence-electron chi connectivity index (χ0n) is 11.4. The number of morpholine rings is 1. The molecule has 3 rings (SSSR count). The average Bonchev–Trinajstić information content (AvgIpc) is 2.86. The Morgan fingerprint density at radius 1 is 1.21 bits per heavy atom. The van der Waals surface area contributed by atoms with Gasteiger partial charge in [-0.1, -0.05) is 6.92 Å². The van der Waals surface area contributed by atoms with Gasteiger partial charge in [-0.25, -0.2) is 0 Å². The molecule has 2 aliphatic rings. The fourth-order valence-corrected chi connectivity index (χ4v) is 2.84. The van der Waals surface area contributed by atoms with Gasteiger partial charge in [0.05, 0.1) is 13.2 Å².